The number of pyridine rings is 2. The van der Waals surface area contributed by atoms with Gasteiger partial charge >= 0.3 is 6.18 Å². The number of carbonyl (C=O) groups excluding carboxylic acids is 1. The SMILES string of the molecule is Cc1ccc(C2c3c(nc4cc(C(F)(F)F)ccn34)CCN2C(=O)COc2cccnc2Cl)c(F)c1. The van der Waals surface area contributed by atoms with Crippen LogP contribution < -0.4 is 4.74 Å². The number of aromatic nitrogens is 3. The van der Waals surface area contributed by atoms with E-state index in [0.717, 1.165) is 12.1 Å². The predicted molar refractivity (Wildman–Crippen MR) is 123 cm³/mol. The number of imidazole rings is 1. The zero-order chi connectivity index (χ0) is 25.6. The Hall–Kier alpha value is -3.66. The van der Waals surface area contributed by atoms with Crippen LogP contribution in [0.1, 0.15) is 34.1 Å². The highest BCUT2D eigenvalue weighted by Gasteiger charge is 2.38. The van der Waals surface area contributed by atoms with E-state index in [0.29, 0.717) is 17.0 Å². The summed E-state index contributed by atoms with van der Waals surface area (Å²) in [4.78, 5) is 23.1. The van der Waals surface area contributed by atoms with Gasteiger partial charge in [0.2, 0.25) is 0 Å². The van der Waals surface area contributed by atoms with Crippen LogP contribution in [-0.4, -0.2) is 38.3 Å². The molecule has 0 saturated carbocycles. The topological polar surface area (TPSA) is 59.7 Å². The Kier molecular flexibility index (Phi) is 6.07. The molecular formula is C25H19ClF4N4O2. The first-order valence-corrected chi connectivity index (χ1v) is 11.4. The average Bonchev–Trinajstić information content (AvgIpc) is 3.20. The minimum atomic E-state index is -4.54. The lowest BCUT2D eigenvalue weighted by Gasteiger charge is -2.36. The van der Waals surface area contributed by atoms with Crippen LogP contribution in [0.25, 0.3) is 5.65 Å². The number of ether oxygens (including phenoxy) is 1. The normalized spacial score (nSPS) is 15.7. The van der Waals surface area contributed by atoms with Crippen molar-refractivity contribution < 1.29 is 27.1 Å². The summed E-state index contributed by atoms with van der Waals surface area (Å²) in [6, 6.07) is 8.77. The molecule has 0 spiro atoms. The first-order chi connectivity index (χ1) is 17.1. The van der Waals surface area contributed by atoms with Crippen molar-refractivity contribution >= 4 is 23.2 Å². The van der Waals surface area contributed by atoms with Gasteiger partial charge in [-0.25, -0.2) is 14.4 Å². The third kappa shape index (κ3) is 4.37. The van der Waals surface area contributed by atoms with Crippen molar-refractivity contribution in [2.75, 3.05) is 13.2 Å². The van der Waals surface area contributed by atoms with Gasteiger partial charge in [-0.15, -0.1) is 0 Å². The van der Waals surface area contributed by atoms with E-state index >= 15 is 4.39 Å². The minimum Gasteiger partial charge on any atom is -0.481 e. The summed E-state index contributed by atoms with van der Waals surface area (Å²) < 4.78 is 62.1. The molecule has 186 valence electrons. The molecule has 0 bridgehead atoms. The second-order valence-corrected chi connectivity index (χ2v) is 8.79. The van der Waals surface area contributed by atoms with Crippen LogP contribution in [0.4, 0.5) is 17.6 Å². The largest absolute Gasteiger partial charge is 0.481 e. The summed E-state index contributed by atoms with van der Waals surface area (Å²) in [5.74, 6) is -0.770. The van der Waals surface area contributed by atoms with Crippen LogP contribution in [0.5, 0.6) is 5.75 Å². The van der Waals surface area contributed by atoms with E-state index in [9.17, 15) is 18.0 Å². The molecule has 1 amide bonds. The van der Waals surface area contributed by atoms with Crippen molar-refractivity contribution in [2.24, 2.45) is 0 Å². The maximum Gasteiger partial charge on any atom is 0.416 e. The number of hydrogen-bond donors (Lipinski definition) is 0. The van der Waals surface area contributed by atoms with E-state index in [2.05, 4.69) is 9.97 Å². The molecule has 0 N–H and O–H groups in total. The van der Waals surface area contributed by atoms with Crippen molar-refractivity contribution in [1.29, 1.82) is 0 Å². The molecule has 4 aromatic rings. The zero-order valence-electron chi connectivity index (χ0n) is 18.9. The highest BCUT2D eigenvalue weighted by Crippen LogP contribution is 2.38. The van der Waals surface area contributed by atoms with Gasteiger partial charge in [0.15, 0.2) is 17.5 Å². The molecule has 4 heterocycles. The van der Waals surface area contributed by atoms with Gasteiger partial charge in [-0.2, -0.15) is 13.2 Å². The molecule has 0 saturated heterocycles. The van der Waals surface area contributed by atoms with Gasteiger partial charge in [-0.1, -0.05) is 23.7 Å². The summed E-state index contributed by atoms with van der Waals surface area (Å²) in [5, 5.41) is 0.0922. The van der Waals surface area contributed by atoms with Crippen LogP contribution in [0, 0.1) is 12.7 Å². The van der Waals surface area contributed by atoms with E-state index in [-0.39, 0.29) is 41.7 Å². The molecule has 36 heavy (non-hydrogen) atoms. The molecule has 1 aliphatic rings. The average molecular weight is 519 g/mol. The second kappa shape index (κ2) is 9.09. The van der Waals surface area contributed by atoms with Gasteiger partial charge in [0.1, 0.15) is 17.5 Å². The molecule has 1 unspecified atom stereocenters. The fourth-order valence-electron chi connectivity index (χ4n) is 4.40. The van der Waals surface area contributed by atoms with Gasteiger partial charge < -0.3 is 14.0 Å². The highest BCUT2D eigenvalue weighted by molar-refractivity contribution is 6.30. The number of halogens is 5. The van der Waals surface area contributed by atoms with Crippen molar-refractivity contribution in [3.8, 4) is 5.75 Å². The maximum atomic E-state index is 15.2. The van der Waals surface area contributed by atoms with E-state index in [1.807, 2.05) is 0 Å². The van der Waals surface area contributed by atoms with Crippen molar-refractivity contribution in [2.45, 2.75) is 25.6 Å². The lowest BCUT2D eigenvalue weighted by molar-refractivity contribution is -0.137. The Morgan fingerprint density at radius 2 is 2.03 bits per heavy atom. The quantitative estimate of drug-likeness (QED) is 0.268. The third-order valence-corrected chi connectivity index (χ3v) is 6.36. The Balaban J connectivity index is 1.58. The summed E-state index contributed by atoms with van der Waals surface area (Å²) in [6.45, 7) is 1.52. The number of nitrogens with zero attached hydrogens (tertiary/aromatic N) is 4. The number of rotatable bonds is 4. The predicted octanol–water partition coefficient (Wildman–Crippen LogP) is 5.40. The second-order valence-electron chi connectivity index (χ2n) is 8.43. The van der Waals surface area contributed by atoms with Crippen LogP contribution in [0.2, 0.25) is 5.15 Å². The molecular weight excluding hydrogens is 500 g/mol. The summed E-state index contributed by atoms with van der Waals surface area (Å²) in [5.41, 5.74) is 1.05. The Morgan fingerprint density at radius 1 is 1.22 bits per heavy atom. The van der Waals surface area contributed by atoms with Gasteiger partial charge in [-0.05, 0) is 42.8 Å². The first kappa shape index (κ1) is 24.1. The molecule has 5 rings (SSSR count). The molecule has 11 heteroatoms. The van der Waals surface area contributed by atoms with Crippen LogP contribution in [0.3, 0.4) is 0 Å². The van der Waals surface area contributed by atoms with Crippen molar-refractivity contribution in [3.05, 3.63) is 93.9 Å². The number of amides is 1. The molecule has 6 nitrogen and oxygen atoms in total. The molecule has 0 aliphatic carbocycles. The standard InChI is InChI=1S/C25H19ClF4N4O2/c1-14-4-5-16(17(27)11-14)22-23-18(32-20-12-15(25(28,29)30)6-9-33(20)23)7-10-34(22)21(35)13-36-19-3-2-8-31-24(19)26/h2-6,8-9,11-12,22H,7,10,13H2,1H3. The van der Waals surface area contributed by atoms with Gasteiger partial charge in [0.25, 0.3) is 5.91 Å². The van der Waals surface area contributed by atoms with Gasteiger partial charge in [0, 0.05) is 30.9 Å². The van der Waals surface area contributed by atoms with Gasteiger partial charge in [0.05, 0.1) is 17.0 Å². The number of alkyl halides is 3. The fraction of sp³-hybridized carbons (Fsp3) is 0.240. The van der Waals surface area contributed by atoms with E-state index in [1.54, 1.807) is 31.2 Å². The van der Waals surface area contributed by atoms with Crippen LogP contribution in [-0.2, 0) is 17.4 Å². The number of benzene rings is 1. The minimum absolute atomic E-state index is 0.0695. The van der Waals surface area contributed by atoms with Crippen LogP contribution >= 0.6 is 11.6 Å². The lowest BCUT2D eigenvalue weighted by Crippen LogP contribution is -2.43. The number of hydrogen-bond acceptors (Lipinski definition) is 4. The smallest absolute Gasteiger partial charge is 0.416 e. The summed E-state index contributed by atoms with van der Waals surface area (Å²) >= 11 is 6.01. The lowest BCUT2D eigenvalue weighted by atomic mass is 9.94. The Morgan fingerprint density at radius 3 is 2.75 bits per heavy atom. The van der Waals surface area contributed by atoms with Crippen LogP contribution in [0.15, 0.2) is 54.9 Å². The molecule has 1 atom stereocenters. The van der Waals surface area contributed by atoms with Crippen molar-refractivity contribution in [3.63, 3.8) is 0 Å². The van der Waals surface area contributed by atoms with Gasteiger partial charge in [-0.3, -0.25) is 4.79 Å². The molecule has 1 aromatic carbocycles. The molecule has 0 radical (unpaired) electrons. The number of aryl methyl sites for hydroxylation is 1. The molecule has 3 aromatic heterocycles. The number of fused-ring (bicyclic) bond motifs is 3. The first-order valence-electron chi connectivity index (χ1n) is 11.0. The van der Waals surface area contributed by atoms with E-state index < -0.39 is 29.5 Å². The zero-order valence-corrected chi connectivity index (χ0v) is 19.6. The van der Waals surface area contributed by atoms with E-state index in [4.69, 9.17) is 16.3 Å². The summed E-state index contributed by atoms with van der Waals surface area (Å²) in [7, 11) is 0. The van der Waals surface area contributed by atoms with E-state index in [1.165, 1.54) is 27.8 Å². The fourth-order valence-corrected chi connectivity index (χ4v) is 4.58. The molecule has 1 aliphatic heterocycles. The maximum absolute atomic E-state index is 15.2. The molecule has 0 fully saturated rings. The highest BCUT2D eigenvalue weighted by atomic mass is 35.5. The Labute approximate surface area is 208 Å². The number of carbonyl (C=O) groups is 1. The summed E-state index contributed by atoms with van der Waals surface area (Å²) in [6.07, 6.45) is -1.53. The monoisotopic (exact) mass is 518 g/mol. The van der Waals surface area contributed by atoms with Crippen molar-refractivity contribution in [1.82, 2.24) is 19.3 Å². The Bertz CT molecular complexity index is 1470. The third-order valence-electron chi connectivity index (χ3n) is 6.07.